The second-order valence-corrected chi connectivity index (χ2v) is 9.28. The molecule has 168 valence electrons. The van der Waals surface area contributed by atoms with Crippen LogP contribution in [0.1, 0.15) is 32.6 Å². The minimum Gasteiger partial charge on any atom is -0.375 e. The molecule has 6 nitrogen and oxygen atoms in total. The SMILES string of the molecule is Cc1ccc(C(=O)NCCOCc2ccccc2)cc1S(=O)(=O)Nc1cccc(C)c1C. The Hall–Kier alpha value is -3.16. The topological polar surface area (TPSA) is 84.5 Å². The van der Waals surface area contributed by atoms with Gasteiger partial charge in [-0.15, -0.1) is 0 Å². The first kappa shape index (κ1) is 23.5. The van der Waals surface area contributed by atoms with Crippen LogP contribution in [0.5, 0.6) is 0 Å². The molecule has 1 amide bonds. The fourth-order valence-corrected chi connectivity index (χ4v) is 4.59. The zero-order chi connectivity index (χ0) is 23.1. The molecule has 3 aromatic rings. The Bertz CT molecular complexity index is 1190. The number of carbonyl (C=O) groups excluding carboxylic acids is 1. The Balaban J connectivity index is 1.64. The lowest BCUT2D eigenvalue weighted by molar-refractivity contribution is 0.0900. The van der Waals surface area contributed by atoms with Crippen molar-refractivity contribution in [2.45, 2.75) is 32.3 Å². The monoisotopic (exact) mass is 452 g/mol. The van der Waals surface area contributed by atoms with Crippen molar-refractivity contribution in [2.24, 2.45) is 0 Å². The van der Waals surface area contributed by atoms with Crippen LogP contribution in [0.4, 0.5) is 5.69 Å². The largest absolute Gasteiger partial charge is 0.375 e. The Morgan fingerprint density at radius 3 is 2.41 bits per heavy atom. The summed E-state index contributed by atoms with van der Waals surface area (Å²) in [6, 6.07) is 19.9. The summed E-state index contributed by atoms with van der Waals surface area (Å²) in [4.78, 5) is 12.6. The van der Waals surface area contributed by atoms with Crippen LogP contribution < -0.4 is 10.0 Å². The van der Waals surface area contributed by atoms with E-state index >= 15 is 0 Å². The number of ether oxygens (including phenoxy) is 1. The summed E-state index contributed by atoms with van der Waals surface area (Å²) >= 11 is 0. The van der Waals surface area contributed by atoms with Gasteiger partial charge in [-0.05, 0) is 61.2 Å². The number of amides is 1. The van der Waals surface area contributed by atoms with E-state index in [1.165, 1.54) is 6.07 Å². The van der Waals surface area contributed by atoms with Gasteiger partial charge in [0.2, 0.25) is 0 Å². The fraction of sp³-hybridized carbons (Fsp3) is 0.240. The van der Waals surface area contributed by atoms with Crippen molar-refractivity contribution in [3.05, 3.63) is 94.5 Å². The van der Waals surface area contributed by atoms with Crippen LogP contribution >= 0.6 is 0 Å². The Morgan fingerprint density at radius 1 is 0.906 bits per heavy atom. The van der Waals surface area contributed by atoms with Crippen molar-refractivity contribution in [1.29, 1.82) is 0 Å². The van der Waals surface area contributed by atoms with Gasteiger partial charge in [0.1, 0.15) is 0 Å². The number of benzene rings is 3. The highest BCUT2D eigenvalue weighted by Crippen LogP contribution is 2.24. The zero-order valence-electron chi connectivity index (χ0n) is 18.5. The van der Waals surface area contributed by atoms with Crippen LogP contribution in [0, 0.1) is 20.8 Å². The van der Waals surface area contributed by atoms with Gasteiger partial charge in [0, 0.05) is 12.1 Å². The van der Waals surface area contributed by atoms with E-state index in [2.05, 4.69) is 10.0 Å². The Kier molecular flexibility index (Phi) is 7.66. The highest BCUT2D eigenvalue weighted by Gasteiger charge is 2.20. The predicted molar refractivity (Wildman–Crippen MR) is 126 cm³/mol. The van der Waals surface area contributed by atoms with E-state index in [-0.39, 0.29) is 16.4 Å². The van der Waals surface area contributed by atoms with Crippen molar-refractivity contribution >= 4 is 21.6 Å². The Morgan fingerprint density at radius 2 is 1.66 bits per heavy atom. The molecule has 0 saturated carbocycles. The van der Waals surface area contributed by atoms with Crippen LogP contribution in [0.15, 0.2) is 71.6 Å². The van der Waals surface area contributed by atoms with Crippen LogP contribution in [-0.2, 0) is 21.4 Å². The van der Waals surface area contributed by atoms with Gasteiger partial charge in [-0.3, -0.25) is 9.52 Å². The number of sulfonamides is 1. The molecule has 0 aliphatic heterocycles. The van der Waals surface area contributed by atoms with E-state index in [4.69, 9.17) is 4.74 Å². The quantitative estimate of drug-likeness (QED) is 0.473. The van der Waals surface area contributed by atoms with Gasteiger partial charge in [-0.1, -0.05) is 48.5 Å². The van der Waals surface area contributed by atoms with Gasteiger partial charge in [0.05, 0.1) is 23.8 Å². The van der Waals surface area contributed by atoms with Crippen molar-refractivity contribution in [3.8, 4) is 0 Å². The first-order valence-corrected chi connectivity index (χ1v) is 11.9. The van der Waals surface area contributed by atoms with E-state index in [0.29, 0.717) is 31.0 Å². The second kappa shape index (κ2) is 10.4. The molecule has 0 aromatic heterocycles. The number of carbonyl (C=O) groups is 1. The van der Waals surface area contributed by atoms with Crippen LogP contribution in [0.2, 0.25) is 0 Å². The van der Waals surface area contributed by atoms with Gasteiger partial charge in [-0.2, -0.15) is 0 Å². The third-order valence-corrected chi connectivity index (χ3v) is 6.74. The number of hydrogen-bond donors (Lipinski definition) is 2. The molecule has 2 N–H and O–H groups in total. The molecule has 0 aliphatic carbocycles. The number of aryl methyl sites for hydroxylation is 2. The molecule has 0 heterocycles. The maximum Gasteiger partial charge on any atom is 0.262 e. The summed E-state index contributed by atoms with van der Waals surface area (Å²) < 4.78 is 34.3. The summed E-state index contributed by atoms with van der Waals surface area (Å²) in [5.74, 6) is -0.350. The van der Waals surface area contributed by atoms with Crippen LogP contribution in [-0.4, -0.2) is 27.5 Å². The maximum atomic E-state index is 13.0. The molecule has 0 saturated heterocycles. The number of rotatable bonds is 9. The lowest BCUT2D eigenvalue weighted by Gasteiger charge is -2.14. The lowest BCUT2D eigenvalue weighted by Crippen LogP contribution is -2.27. The Labute approximate surface area is 189 Å². The summed E-state index contributed by atoms with van der Waals surface area (Å²) in [5.41, 5.74) is 4.27. The first-order chi connectivity index (χ1) is 15.3. The molecule has 0 fully saturated rings. The number of nitrogens with one attached hydrogen (secondary N) is 2. The number of anilines is 1. The third-order valence-electron chi connectivity index (χ3n) is 5.23. The average Bonchev–Trinajstić information content (AvgIpc) is 2.77. The molecular weight excluding hydrogens is 424 g/mol. The van der Waals surface area contributed by atoms with Crippen molar-refractivity contribution in [1.82, 2.24) is 5.32 Å². The van der Waals surface area contributed by atoms with E-state index < -0.39 is 10.0 Å². The summed E-state index contributed by atoms with van der Waals surface area (Å²) in [6.07, 6.45) is 0. The zero-order valence-corrected chi connectivity index (χ0v) is 19.3. The van der Waals surface area contributed by atoms with E-state index in [0.717, 1.165) is 16.7 Å². The second-order valence-electron chi connectivity index (χ2n) is 7.63. The van der Waals surface area contributed by atoms with Gasteiger partial charge in [-0.25, -0.2) is 8.42 Å². The molecule has 0 bridgehead atoms. The van der Waals surface area contributed by atoms with E-state index in [1.54, 1.807) is 31.2 Å². The molecule has 0 aliphatic rings. The molecule has 3 rings (SSSR count). The van der Waals surface area contributed by atoms with Gasteiger partial charge in [0.25, 0.3) is 15.9 Å². The van der Waals surface area contributed by atoms with Gasteiger partial charge in [0.15, 0.2) is 0 Å². The van der Waals surface area contributed by atoms with Crippen molar-refractivity contribution in [2.75, 3.05) is 17.9 Å². The smallest absolute Gasteiger partial charge is 0.262 e. The molecular formula is C25H28N2O4S. The van der Waals surface area contributed by atoms with Crippen molar-refractivity contribution < 1.29 is 17.9 Å². The predicted octanol–water partition coefficient (Wildman–Crippen LogP) is 4.36. The molecule has 7 heteroatoms. The minimum atomic E-state index is -3.85. The highest BCUT2D eigenvalue weighted by atomic mass is 32.2. The number of hydrogen-bond acceptors (Lipinski definition) is 4. The lowest BCUT2D eigenvalue weighted by atomic mass is 10.1. The summed E-state index contributed by atoms with van der Waals surface area (Å²) in [6.45, 7) is 6.63. The van der Waals surface area contributed by atoms with Crippen LogP contribution in [0.3, 0.4) is 0 Å². The first-order valence-electron chi connectivity index (χ1n) is 10.4. The molecule has 32 heavy (non-hydrogen) atoms. The average molecular weight is 453 g/mol. The molecule has 0 unspecified atom stereocenters. The molecule has 0 radical (unpaired) electrons. The third kappa shape index (κ3) is 5.96. The fourth-order valence-electron chi connectivity index (χ4n) is 3.20. The highest BCUT2D eigenvalue weighted by molar-refractivity contribution is 7.92. The minimum absolute atomic E-state index is 0.0754. The summed E-state index contributed by atoms with van der Waals surface area (Å²) in [7, 11) is -3.85. The van der Waals surface area contributed by atoms with Crippen LogP contribution in [0.25, 0.3) is 0 Å². The molecule has 3 aromatic carbocycles. The standard InChI is InChI=1S/C25H28N2O4S/c1-18-8-7-11-23(20(18)3)27-32(29,30)24-16-22(13-12-19(24)2)25(28)26-14-15-31-17-21-9-5-4-6-10-21/h4-13,16,27H,14-15,17H2,1-3H3,(H,26,28). The van der Waals surface area contributed by atoms with Gasteiger partial charge >= 0.3 is 0 Å². The maximum absolute atomic E-state index is 13.0. The van der Waals surface area contributed by atoms with E-state index in [9.17, 15) is 13.2 Å². The van der Waals surface area contributed by atoms with E-state index in [1.807, 2.05) is 50.2 Å². The molecule has 0 spiro atoms. The normalized spacial score (nSPS) is 11.2. The summed E-state index contributed by atoms with van der Waals surface area (Å²) in [5, 5.41) is 2.77. The van der Waals surface area contributed by atoms with Gasteiger partial charge < -0.3 is 10.1 Å². The van der Waals surface area contributed by atoms with Crippen molar-refractivity contribution in [3.63, 3.8) is 0 Å². The molecule has 0 atom stereocenters.